The van der Waals surface area contributed by atoms with Crippen molar-refractivity contribution < 1.29 is 13.6 Å². The number of carbonyl (C=O) groups is 1. The van der Waals surface area contributed by atoms with E-state index in [0.29, 0.717) is 22.9 Å². The van der Waals surface area contributed by atoms with Gasteiger partial charge in [-0.15, -0.1) is 0 Å². The number of halogens is 3. The fraction of sp³-hybridized carbons (Fsp3) is 0.316. The third-order valence-corrected chi connectivity index (χ3v) is 4.73. The SMILES string of the molecule is O=C(Cn1nc(C(F)F)cc1C1CC1)Nc1cnn(Cc2cccc(Cl)c2)c1. The van der Waals surface area contributed by atoms with Crippen LogP contribution in [-0.4, -0.2) is 25.5 Å². The van der Waals surface area contributed by atoms with E-state index in [1.165, 1.54) is 16.9 Å². The quantitative estimate of drug-likeness (QED) is 0.639. The average Bonchev–Trinajstić information content (AvgIpc) is 3.25. The summed E-state index contributed by atoms with van der Waals surface area (Å²) in [5.41, 5.74) is 1.92. The van der Waals surface area contributed by atoms with E-state index in [1.54, 1.807) is 16.9 Å². The Hall–Kier alpha value is -2.74. The van der Waals surface area contributed by atoms with Crippen molar-refractivity contribution in [1.29, 1.82) is 0 Å². The fourth-order valence-corrected chi connectivity index (χ4v) is 3.28. The zero-order valence-electron chi connectivity index (χ0n) is 14.9. The molecule has 2 aromatic heterocycles. The molecular weight excluding hydrogens is 388 g/mol. The number of anilines is 1. The molecule has 1 aliphatic rings. The predicted octanol–water partition coefficient (Wildman–Crippen LogP) is 4.24. The second-order valence-electron chi connectivity index (χ2n) is 6.83. The van der Waals surface area contributed by atoms with Crippen molar-refractivity contribution in [3.8, 4) is 0 Å². The molecule has 9 heteroatoms. The first-order valence-electron chi connectivity index (χ1n) is 8.90. The van der Waals surface area contributed by atoms with E-state index < -0.39 is 6.43 Å². The first-order chi connectivity index (χ1) is 13.5. The molecule has 1 amide bonds. The lowest BCUT2D eigenvalue weighted by Crippen LogP contribution is -2.20. The third kappa shape index (κ3) is 4.39. The lowest BCUT2D eigenvalue weighted by atomic mass is 10.2. The van der Waals surface area contributed by atoms with Gasteiger partial charge in [-0.2, -0.15) is 10.2 Å². The molecule has 0 radical (unpaired) electrons. The van der Waals surface area contributed by atoms with Gasteiger partial charge in [0.2, 0.25) is 5.91 Å². The number of hydrogen-bond donors (Lipinski definition) is 1. The lowest BCUT2D eigenvalue weighted by molar-refractivity contribution is -0.117. The fourth-order valence-electron chi connectivity index (χ4n) is 3.07. The van der Waals surface area contributed by atoms with E-state index >= 15 is 0 Å². The molecule has 4 rings (SSSR count). The van der Waals surface area contributed by atoms with Gasteiger partial charge in [0.25, 0.3) is 6.43 Å². The van der Waals surface area contributed by atoms with Crippen LogP contribution in [0.25, 0.3) is 0 Å². The Morgan fingerprint density at radius 3 is 2.86 bits per heavy atom. The number of nitrogens with one attached hydrogen (secondary N) is 1. The minimum atomic E-state index is -2.65. The van der Waals surface area contributed by atoms with Crippen LogP contribution >= 0.6 is 11.6 Å². The molecule has 146 valence electrons. The number of carbonyl (C=O) groups excluding carboxylic acids is 1. The highest BCUT2D eigenvalue weighted by molar-refractivity contribution is 6.30. The molecule has 1 aliphatic carbocycles. The molecule has 1 N–H and O–H groups in total. The van der Waals surface area contributed by atoms with Crippen molar-refractivity contribution >= 4 is 23.2 Å². The van der Waals surface area contributed by atoms with Crippen molar-refractivity contribution in [2.75, 3.05) is 5.32 Å². The third-order valence-electron chi connectivity index (χ3n) is 4.49. The lowest BCUT2D eigenvalue weighted by Gasteiger charge is -2.06. The topological polar surface area (TPSA) is 64.7 Å². The number of nitrogens with zero attached hydrogens (tertiary/aromatic N) is 4. The Labute approximate surface area is 165 Å². The van der Waals surface area contributed by atoms with E-state index in [4.69, 9.17) is 11.6 Å². The minimum Gasteiger partial charge on any atom is -0.322 e. The van der Waals surface area contributed by atoms with Crippen LogP contribution in [0, 0.1) is 0 Å². The molecule has 1 saturated carbocycles. The maximum absolute atomic E-state index is 12.9. The van der Waals surface area contributed by atoms with Crippen LogP contribution in [0.5, 0.6) is 0 Å². The number of hydrogen-bond acceptors (Lipinski definition) is 3. The zero-order valence-corrected chi connectivity index (χ0v) is 15.6. The predicted molar refractivity (Wildman–Crippen MR) is 101 cm³/mol. The zero-order chi connectivity index (χ0) is 19.7. The highest BCUT2D eigenvalue weighted by Crippen LogP contribution is 2.41. The molecule has 6 nitrogen and oxygen atoms in total. The highest BCUT2D eigenvalue weighted by Gasteiger charge is 2.30. The van der Waals surface area contributed by atoms with Crippen LogP contribution in [0.1, 0.15) is 42.1 Å². The van der Waals surface area contributed by atoms with Crippen LogP contribution in [0.2, 0.25) is 5.02 Å². The first kappa shape index (κ1) is 18.6. The molecule has 1 fully saturated rings. The summed E-state index contributed by atoms with van der Waals surface area (Å²) in [5, 5.41) is 11.5. The van der Waals surface area contributed by atoms with E-state index in [9.17, 15) is 13.6 Å². The second-order valence-corrected chi connectivity index (χ2v) is 7.27. The molecule has 0 bridgehead atoms. The molecule has 3 aromatic rings. The summed E-state index contributed by atoms with van der Waals surface area (Å²) in [6, 6.07) is 8.84. The van der Waals surface area contributed by atoms with Gasteiger partial charge < -0.3 is 5.32 Å². The number of aromatic nitrogens is 4. The monoisotopic (exact) mass is 405 g/mol. The molecule has 0 unspecified atom stereocenters. The summed E-state index contributed by atoms with van der Waals surface area (Å²) >= 11 is 5.98. The Balaban J connectivity index is 1.40. The second kappa shape index (κ2) is 7.71. The van der Waals surface area contributed by atoms with Gasteiger partial charge >= 0.3 is 0 Å². The average molecular weight is 406 g/mol. The number of benzene rings is 1. The van der Waals surface area contributed by atoms with Gasteiger partial charge in [-0.1, -0.05) is 23.7 Å². The van der Waals surface area contributed by atoms with Crippen molar-refractivity contribution in [2.45, 2.75) is 38.3 Å². The molecule has 0 atom stereocenters. The van der Waals surface area contributed by atoms with Gasteiger partial charge in [-0.25, -0.2) is 8.78 Å². The Kier molecular flexibility index (Phi) is 5.13. The van der Waals surface area contributed by atoms with Crippen molar-refractivity contribution in [3.63, 3.8) is 0 Å². The number of amides is 1. The summed E-state index contributed by atoms with van der Waals surface area (Å²) in [6.45, 7) is 0.400. The van der Waals surface area contributed by atoms with E-state index in [0.717, 1.165) is 18.4 Å². The standard InChI is InChI=1S/C19H18ClF2N5O/c20-14-3-1-2-12(6-14)9-26-10-15(8-23-26)24-18(28)11-27-17(13-4-5-13)7-16(25-27)19(21)22/h1-3,6-8,10,13,19H,4-5,9,11H2,(H,24,28). The van der Waals surface area contributed by atoms with Gasteiger partial charge in [0.05, 0.1) is 18.4 Å². The van der Waals surface area contributed by atoms with E-state index in [2.05, 4.69) is 15.5 Å². The van der Waals surface area contributed by atoms with Gasteiger partial charge in [0.1, 0.15) is 12.2 Å². The van der Waals surface area contributed by atoms with Gasteiger partial charge in [0, 0.05) is 22.8 Å². The Morgan fingerprint density at radius 2 is 2.14 bits per heavy atom. The van der Waals surface area contributed by atoms with E-state index in [1.807, 2.05) is 18.2 Å². The van der Waals surface area contributed by atoms with E-state index in [-0.39, 0.29) is 24.1 Å². The molecule has 0 spiro atoms. The molecule has 0 aliphatic heterocycles. The van der Waals surface area contributed by atoms with Gasteiger partial charge in [0.15, 0.2) is 0 Å². The maximum Gasteiger partial charge on any atom is 0.282 e. The summed E-state index contributed by atoms with van der Waals surface area (Å²) in [5.74, 6) is -0.124. The molecule has 0 saturated heterocycles. The summed E-state index contributed by atoms with van der Waals surface area (Å²) in [7, 11) is 0. The molecule has 2 heterocycles. The highest BCUT2D eigenvalue weighted by atomic mass is 35.5. The Morgan fingerprint density at radius 1 is 1.32 bits per heavy atom. The first-order valence-corrected chi connectivity index (χ1v) is 9.28. The normalized spacial score (nSPS) is 13.9. The van der Waals surface area contributed by atoms with Crippen molar-refractivity contribution in [2.24, 2.45) is 0 Å². The maximum atomic E-state index is 12.9. The van der Waals surface area contributed by atoms with Crippen LogP contribution in [-0.2, 0) is 17.9 Å². The Bertz CT molecular complexity index is 996. The van der Waals surface area contributed by atoms with Crippen LogP contribution in [0.4, 0.5) is 14.5 Å². The summed E-state index contributed by atoms with van der Waals surface area (Å²) in [6.07, 6.45) is 2.47. The molecular formula is C19H18ClF2N5O. The van der Waals surface area contributed by atoms with Crippen LogP contribution < -0.4 is 5.32 Å². The van der Waals surface area contributed by atoms with Gasteiger partial charge in [-0.3, -0.25) is 14.2 Å². The number of rotatable bonds is 7. The van der Waals surface area contributed by atoms with Crippen LogP contribution in [0.3, 0.4) is 0 Å². The van der Waals surface area contributed by atoms with Gasteiger partial charge in [-0.05, 0) is 36.6 Å². The molecule has 1 aromatic carbocycles. The smallest absolute Gasteiger partial charge is 0.282 e. The summed E-state index contributed by atoms with van der Waals surface area (Å²) < 4.78 is 28.9. The largest absolute Gasteiger partial charge is 0.322 e. The minimum absolute atomic E-state index is 0.113. The molecule has 28 heavy (non-hydrogen) atoms. The number of alkyl halides is 2. The van der Waals surface area contributed by atoms with Crippen molar-refractivity contribution in [3.05, 3.63) is 64.7 Å². The van der Waals surface area contributed by atoms with Crippen molar-refractivity contribution in [1.82, 2.24) is 19.6 Å². The summed E-state index contributed by atoms with van der Waals surface area (Å²) in [4.78, 5) is 12.4. The van der Waals surface area contributed by atoms with Crippen LogP contribution in [0.15, 0.2) is 42.7 Å².